The van der Waals surface area contributed by atoms with E-state index in [4.69, 9.17) is 9.84 Å². The average Bonchev–Trinajstić information content (AvgIpc) is 2.25. The number of nitrogens with one attached hydrogen (secondary N) is 1. The SMILES string of the molecule is Cc1nccnc1C(CC(=O)O)NC(=O)OC(C)(C)C. The second-order valence-corrected chi connectivity index (χ2v) is 5.32. The van der Waals surface area contributed by atoms with Crippen LogP contribution in [0.1, 0.15) is 44.6 Å². The second-order valence-electron chi connectivity index (χ2n) is 5.32. The van der Waals surface area contributed by atoms with Gasteiger partial charge in [0.25, 0.3) is 0 Å². The molecular formula is C13H19N3O4. The molecule has 1 rings (SSSR count). The largest absolute Gasteiger partial charge is 0.481 e. The molecule has 0 radical (unpaired) electrons. The summed E-state index contributed by atoms with van der Waals surface area (Å²) < 4.78 is 5.12. The Labute approximate surface area is 117 Å². The third kappa shape index (κ3) is 5.21. The smallest absolute Gasteiger partial charge is 0.408 e. The first-order valence-corrected chi connectivity index (χ1v) is 6.18. The van der Waals surface area contributed by atoms with Crippen molar-refractivity contribution < 1.29 is 19.4 Å². The summed E-state index contributed by atoms with van der Waals surface area (Å²) in [4.78, 5) is 30.8. The molecule has 0 fully saturated rings. The van der Waals surface area contributed by atoms with E-state index in [9.17, 15) is 9.59 Å². The molecule has 1 heterocycles. The fraction of sp³-hybridized carbons (Fsp3) is 0.538. The first-order valence-electron chi connectivity index (χ1n) is 6.18. The first-order chi connectivity index (χ1) is 9.19. The molecule has 2 N–H and O–H groups in total. The fourth-order valence-electron chi connectivity index (χ4n) is 1.60. The molecule has 7 heteroatoms. The van der Waals surface area contributed by atoms with Gasteiger partial charge in [-0.15, -0.1) is 0 Å². The minimum absolute atomic E-state index is 0.293. The van der Waals surface area contributed by atoms with E-state index < -0.39 is 23.7 Å². The van der Waals surface area contributed by atoms with Gasteiger partial charge in [0.05, 0.1) is 23.9 Å². The van der Waals surface area contributed by atoms with Crippen molar-refractivity contribution in [1.29, 1.82) is 0 Å². The van der Waals surface area contributed by atoms with Gasteiger partial charge in [0.2, 0.25) is 0 Å². The summed E-state index contributed by atoms with van der Waals surface area (Å²) in [6.45, 7) is 6.89. The van der Waals surface area contributed by atoms with Crippen molar-refractivity contribution >= 4 is 12.1 Å². The highest BCUT2D eigenvalue weighted by Crippen LogP contribution is 2.18. The summed E-state index contributed by atoms with van der Waals surface area (Å²) in [6, 6.07) is -0.781. The van der Waals surface area contributed by atoms with Crippen LogP contribution in [-0.4, -0.2) is 32.7 Å². The molecule has 0 saturated carbocycles. The Hall–Kier alpha value is -2.18. The van der Waals surface area contributed by atoms with Crippen molar-refractivity contribution in [2.45, 2.75) is 45.8 Å². The molecule has 1 atom stereocenters. The van der Waals surface area contributed by atoms with Crippen molar-refractivity contribution in [3.63, 3.8) is 0 Å². The number of amides is 1. The Balaban J connectivity index is 2.88. The van der Waals surface area contributed by atoms with Crippen molar-refractivity contribution in [2.24, 2.45) is 0 Å². The number of alkyl carbamates (subject to hydrolysis) is 1. The molecule has 0 aliphatic carbocycles. The monoisotopic (exact) mass is 281 g/mol. The van der Waals surface area contributed by atoms with Crippen LogP contribution in [0.2, 0.25) is 0 Å². The third-order valence-electron chi connectivity index (χ3n) is 2.32. The molecule has 0 bridgehead atoms. The number of rotatable bonds is 4. The second kappa shape index (κ2) is 6.31. The van der Waals surface area contributed by atoms with E-state index in [2.05, 4.69) is 15.3 Å². The van der Waals surface area contributed by atoms with Crippen molar-refractivity contribution in [3.05, 3.63) is 23.8 Å². The molecule has 7 nitrogen and oxygen atoms in total. The van der Waals surface area contributed by atoms with Gasteiger partial charge in [0.1, 0.15) is 5.60 Å². The van der Waals surface area contributed by atoms with Crippen LogP contribution in [-0.2, 0) is 9.53 Å². The summed E-state index contributed by atoms with van der Waals surface area (Å²) in [5.74, 6) is -1.05. The molecule has 0 spiro atoms. The molecule has 1 aromatic rings. The summed E-state index contributed by atoms with van der Waals surface area (Å²) in [6.07, 6.45) is 1.98. The summed E-state index contributed by atoms with van der Waals surface area (Å²) in [7, 11) is 0. The standard InChI is InChI=1S/C13H19N3O4/c1-8-11(15-6-5-14-8)9(7-10(17)18)16-12(19)20-13(2,3)4/h5-6,9H,7H2,1-4H3,(H,16,19)(H,17,18). The summed E-state index contributed by atoms with van der Waals surface area (Å²) in [5.41, 5.74) is 0.325. The van der Waals surface area contributed by atoms with Gasteiger partial charge in [-0.2, -0.15) is 0 Å². The number of nitrogens with zero attached hydrogens (tertiary/aromatic N) is 2. The number of aryl methyl sites for hydroxylation is 1. The van der Waals surface area contributed by atoms with Crippen molar-refractivity contribution in [1.82, 2.24) is 15.3 Å². The Morgan fingerprint density at radius 3 is 2.45 bits per heavy atom. The van der Waals surface area contributed by atoms with E-state index in [-0.39, 0.29) is 6.42 Å². The Bertz CT molecular complexity index is 497. The van der Waals surface area contributed by atoms with Gasteiger partial charge in [-0.25, -0.2) is 4.79 Å². The van der Waals surface area contributed by atoms with Crippen LogP contribution in [0.15, 0.2) is 12.4 Å². The Morgan fingerprint density at radius 1 is 1.35 bits per heavy atom. The molecule has 1 amide bonds. The minimum Gasteiger partial charge on any atom is -0.481 e. The van der Waals surface area contributed by atoms with Gasteiger partial charge >= 0.3 is 12.1 Å². The van der Waals surface area contributed by atoms with Crippen molar-refractivity contribution in [2.75, 3.05) is 0 Å². The zero-order valence-corrected chi connectivity index (χ0v) is 12.0. The number of carbonyl (C=O) groups is 2. The molecule has 1 aromatic heterocycles. The lowest BCUT2D eigenvalue weighted by Crippen LogP contribution is -2.36. The molecule has 0 aliphatic heterocycles. The predicted molar refractivity (Wildman–Crippen MR) is 71.1 cm³/mol. The lowest BCUT2D eigenvalue weighted by Gasteiger charge is -2.23. The van der Waals surface area contributed by atoms with Gasteiger partial charge in [0, 0.05) is 12.4 Å². The lowest BCUT2D eigenvalue weighted by molar-refractivity contribution is -0.137. The average molecular weight is 281 g/mol. The number of ether oxygens (including phenoxy) is 1. The van der Waals surface area contributed by atoms with Crippen LogP contribution in [0.5, 0.6) is 0 Å². The van der Waals surface area contributed by atoms with E-state index in [1.54, 1.807) is 27.7 Å². The number of carboxylic acid groups (broad SMARTS) is 1. The van der Waals surface area contributed by atoms with E-state index in [0.29, 0.717) is 11.4 Å². The fourth-order valence-corrected chi connectivity index (χ4v) is 1.60. The highest BCUT2D eigenvalue weighted by atomic mass is 16.6. The van der Waals surface area contributed by atoms with Gasteiger partial charge in [-0.1, -0.05) is 0 Å². The topological polar surface area (TPSA) is 101 Å². The van der Waals surface area contributed by atoms with E-state index in [1.165, 1.54) is 12.4 Å². The summed E-state index contributed by atoms with van der Waals surface area (Å²) in [5, 5.41) is 11.5. The molecular weight excluding hydrogens is 262 g/mol. The third-order valence-corrected chi connectivity index (χ3v) is 2.32. The zero-order chi connectivity index (χ0) is 15.3. The van der Waals surface area contributed by atoms with Gasteiger partial charge in [-0.3, -0.25) is 14.8 Å². The predicted octanol–water partition coefficient (Wildman–Crippen LogP) is 1.83. The highest BCUT2D eigenvalue weighted by molar-refractivity contribution is 5.72. The normalized spacial score (nSPS) is 12.6. The molecule has 1 unspecified atom stereocenters. The maximum Gasteiger partial charge on any atom is 0.408 e. The molecule has 110 valence electrons. The van der Waals surface area contributed by atoms with Crippen LogP contribution in [0, 0.1) is 6.92 Å². The van der Waals surface area contributed by atoms with Crippen LogP contribution < -0.4 is 5.32 Å². The molecule has 0 aliphatic rings. The number of carboxylic acids is 1. The van der Waals surface area contributed by atoms with Crippen LogP contribution in [0.4, 0.5) is 4.79 Å². The Morgan fingerprint density at radius 2 is 1.95 bits per heavy atom. The minimum atomic E-state index is -1.05. The maximum atomic E-state index is 11.8. The van der Waals surface area contributed by atoms with Crippen LogP contribution in [0.25, 0.3) is 0 Å². The lowest BCUT2D eigenvalue weighted by atomic mass is 10.1. The number of hydrogen-bond acceptors (Lipinski definition) is 5. The summed E-state index contributed by atoms with van der Waals surface area (Å²) >= 11 is 0. The van der Waals surface area contributed by atoms with E-state index in [0.717, 1.165) is 0 Å². The van der Waals surface area contributed by atoms with Crippen LogP contribution in [0.3, 0.4) is 0 Å². The molecule has 20 heavy (non-hydrogen) atoms. The zero-order valence-electron chi connectivity index (χ0n) is 12.0. The molecule has 0 saturated heterocycles. The first kappa shape index (κ1) is 15.9. The van der Waals surface area contributed by atoms with E-state index >= 15 is 0 Å². The van der Waals surface area contributed by atoms with E-state index in [1.807, 2.05) is 0 Å². The molecule has 0 aromatic carbocycles. The highest BCUT2D eigenvalue weighted by Gasteiger charge is 2.24. The maximum absolute atomic E-state index is 11.8. The van der Waals surface area contributed by atoms with Crippen molar-refractivity contribution in [3.8, 4) is 0 Å². The number of aromatic nitrogens is 2. The van der Waals surface area contributed by atoms with Gasteiger partial charge in [0.15, 0.2) is 0 Å². The number of carbonyl (C=O) groups excluding carboxylic acids is 1. The quantitative estimate of drug-likeness (QED) is 0.873. The van der Waals surface area contributed by atoms with Gasteiger partial charge < -0.3 is 15.2 Å². The Kier molecular flexibility index (Phi) is 5.01. The number of aliphatic carboxylic acids is 1. The van der Waals surface area contributed by atoms with Crippen LogP contribution >= 0.6 is 0 Å². The van der Waals surface area contributed by atoms with Gasteiger partial charge in [-0.05, 0) is 27.7 Å². The number of hydrogen-bond donors (Lipinski definition) is 2.